The summed E-state index contributed by atoms with van der Waals surface area (Å²) in [4.78, 5) is 10.3. The highest BCUT2D eigenvalue weighted by Gasteiger charge is 1.92. The maximum atomic E-state index is 10.3. The highest BCUT2D eigenvalue weighted by molar-refractivity contribution is 5.66. The Morgan fingerprint density at radius 3 is 1.55 bits per heavy atom. The van der Waals surface area contributed by atoms with Crippen LogP contribution in [0.1, 0.15) is 58.3 Å². The maximum absolute atomic E-state index is 10.3. The number of carboxylic acid groups (broad SMARTS) is 1. The number of aliphatic carboxylic acids is 1. The number of carboxylic acids is 1. The molecule has 0 unspecified atom stereocenters. The van der Waals surface area contributed by atoms with E-state index in [1.54, 1.807) is 0 Å². The Kier molecular flexibility index (Phi) is 15.8. The molecule has 0 aromatic rings. The molecule has 0 bridgehead atoms. The molecule has 0 spiro atoms. The van der Waals surface area contributed by atoms with Gasteiger partial charge in [-0.25, -0.2) is 0 Å². The summed E-state index contributed by atoms with van der Waals surface area (Å²) in [5, 5.41) is 8.49. The normalized spacial score (nSPS) is 12.8. The summed E-state index contributed by atoms with van der Waals surface area (Å²) in [6, 6.07) is 0. The third kappa shape index (κ3) is 18.2. The van der Waals surface area contributed by atoms with Gasteiger partial charge < -0.3 is 5.11 Å². The van der Waals surface area contributed by atoms with Crippen LogP contribution >= 0.6 is 0 Å². The molecule has 0 radical (unpaired) electrons. The molecule has 2 heteroatoms. The first kappa shape index (κ1) is 20.2. The lowest BCUT2D eigenvalue weighted by Crippen LogP contribution is -1.92. The molecule has 0 aliphatic carbocycles. The topological polar surface area (TPSA) is 37.3 Å². The van der Waals surface area contributed by atoms with E-state index in [2.05, 4.69) is 67.7 Å². The fourth-order valence-electron chi connectivity index (χ4n) is 1.74. The van der Waals surface area contributed by atoms with Gasteiger partial charge in [0.05, 0.1) is 0 Å². The lowest BCUT2D eigenvalue weighted by atomic mass is 10.2. The van der Waals surface area contributed by atoms with Crippen molar-refractivity contribution in [1.29, 1.82) is 0 Å². The fourth-order valence-corrected chi connectivity index (χ4v) is 1.74. The van der Waals surface area contributed by atoms with Crippen LogP contribution in [0, 0.1) is 0 Å². The van der Waals surface area contributed by atoms with E-state index >= 15 is 0 Å². The Hall–Kier alpha value is -1.83. The molecular formula is C20H30O2. The van der Waals surface area contributed by atoms with Crippen LogP contribution in [0.2, 0.25) is 0 Å². The summed E-state index contributed by atoms with van der Waals surface area (Å²) < 4.78 is 0. The Morgan fingerprint density at radius 2 is 1.14 bits per heavy atom. The molecule has 2 nitrogen and oxygen atoms in total. The predicted octanol–water partition coefficient (Wildman–Crippen LogP) is 5.99. The molecule has 0 saturated heterocycles. The molecule has 0 aliphatic heterocycles. The van der Waals surface area contributed by atoms with E-state index in [1.807, 2.05) is 0 Å². The first-order valence-electron chi connectivity index (χ1n) is 8.24. The average molecular weight is 302 g/mol. The van der Waals surface area contributed by atoms with Crippen molar-refractivity contribution in [2.24, 2.45) is 0 Å². The van der Waals surface area contributed by atoms with Crippen molar-refractivity contribution >= 4 is 5.97 Å². The van der Waals surface area contributed by atoms with Crippen LogP contribution in [0.25, 0.3) is 0 Å². The monoisotopic (exact) mass is 302 g/mol. The average Bonchev–Trinajstić information content (AvgIpc) is 2.50. The second kappa shape index (κ2) is 17.2. The van der Waals surface area contributed by atoms with Crippen LogP contribution in [0.5, 0.6) is 0 Å². The lowest BCUT2D eigenvalue weighted by Gasteiger charge is -1.89. The van der Waals surface area contributed by atoms with E-state index in [0.717, 1.165) is 44.9 Å². The highest BCUT2D eigenvalue weighted by Crippen LogP contribution is 1.99. The molecule has 1 N–H and O–H groups in total. The summed E-state index contributed by atoms with van der Waals surface area (Å²) in [5.74, 6) is -0.715. The van der Waals surface area contributed by atoms with E-state index < -0.39 is 5.97 Å². The smallest absolute Gasteiger partial charge is 0.303 e. The first-order valence-corrected chi connectivity index (χ1v) is 8.24. The third-order valence-corrected chi connectivity index (χ3v) is 2.92. The molecule has 0 fully saturated rings. The minimum absolute atomic E-state index is 0.258. The van der Waals surface area contributed by atoms with Crippen LogP contribution in [-0.2, 0) is 4.79 Å². The summed E-state index contributed by atoms with van der Waals surface area (Å²) >= 11 is 0. The van der Waals surface area contributed by atoms with E-state index in [1.165, 1.54) is 0 Å². The molecule has 0 saturated carbocycles. The Morgan fingerprint density at radius 1 is 0.727 bits per heavy atom. The van der Waals surface area contributed by atoms with Crippen LogP contribution in [0.3, 0.4) is 0 Å². The van der Waals surface area contributed by atoms with E-state index in [9.17, 15) is 4.79 Å². The zero-order valence-electron chi connectivity index (χ0n) is 13.8. The second-order valence-electron chi connectivity index (χ2n) is 4.99. The predicted molar refractivity (Wildman–Crippen MR) is 95.9 cm³/mol. The van der Waals surface area contributed by atoms with E-state index in [4.69, 9.17) is 5.11 Å². The van der Waals surface area contributed by atoms with Gasteiger partial charge in [0.25, 0.3) is 0 Å². The molecule has 0 aromatic carbocycles. The molecule has 0 amide bonds. The van der Waals surface area contributed by atoms with Crippen LogP contribution in [0.4, 0.5) is 0 Å². The lowest BCUT2D eigenvalue weighted by molar-refractivity contribution is -0.137. The van der Waals surface area contributed by atoms with Gasteiger partial charge in [-0.3, -0.25) is 4.79 Å². The summed E-state index contributed by atoms with van der Waals surface area (Å²) in [6.45, 7) is 2.14. The number of carbonyl (C=O) groups is 1. The standard InChI is InChI=1S/C20H30O2/c1-2-3-4-5-6-7-8-9-10-11-12-13-14-15-16-17-18-19-20(21)22/h3-4,6-7,9-10,12-13,15-16H,2,5,8,11,14,17-19H2,1H3,(H,21,22)/b4-3-,7-6?,10-9?,13-12?,16-15?. The van der Waals surface area contributed by atoms with Gasteiger partial charge in [0.1, 0.15) is 0 Å². The van der Waals surface area contributed by atoms with Gasteiger partial charge in [-0.1, -0.05) is 67.7 Å². The van der Waals surface area contributed by atoms with Gasteiger partial charge in [-0.15, -0.1) is 0 Å². The van der Waals surface area contributed by atoms with Gasteiger partial charge in [-0.05, 0) is 44.9 Å². The Balaban J connectivity index is 3.46. The van der Waals surface area contributed by atoms with Gasteiger partial charge in [0.15, 0.2) is 0 Å². The molecule has 0 atom stereocenters. The number of allylic oxidation sites excluding steroid dienone is 10. The van der Waals surface area contributed by atoms with Crippen molar-refractivity contribution in [3.63, 3.8) is 0 Å². The molecule has 0 heterocycles. The first-order chi connectivity index (χ1) is 10.8. The zero-order valence-corrected chi connectivity index (χ0v) is 13.8. The molecular weight excluding hydrogens is 272 g/mol. The van der Waals surface area contributed by atoms with Crippen molar-refractivity contribution in [2.45, 2.75) is 58.3 Å². The molecule has 122 valence electrons. The number of hydrogen-bond donors (Lipinski definition) is 1. The fraction of sp³-hybridized carbons (Fsp3) is 0.450. The summed E-state index contributed by atoms with van der Waals surface area (Å²) in [7, 11) is 0. The van der Waals surface area contributed by atoms with Crippen LogP contribution < -0.4 is 0 Å². The highest BCUT2D eigenvalue weighted by atomic mass is 16.4. The number of unbranched alkanes of at least 4 members (excludes halogenated alkanes) is 1. The second-order valence-corrected chi connectivity index (χ2v) is 4.99. The minimum Gasteiger partial charge on any atom is -0.481 e. The number of rotatable bonds is 13. The molecule has 22 heavy (non-hydrogen) atoms. The van der Waals surface area contributed by atoms with Gasteiger partial charge in [0, 0.05) is 6.42 Å². The quantitative estimate of drug-likeness (QED) is 0.335. The van der Waals surface area contributed by atoms with Gasteiger partial charge in [0.2, 0.25) is 0 Å². The largest absolute Gasteiger partial charge is 0.481 e. The van der Waals surface area contributed by atoms with Crippen LogP contribution in [-0.4, -0.2) is 11.1 Å². The summed E-state index contributed by atoms with van der Waals surface area (Å²) in [5.41, 5.74) is 0. The molecule has 0 aliphatic rings. The van der Waals surface area contributed by atoms with Crippen LogP contribution in [0.15, 0.2) is 60.8 Å². The van der Waals surface area contributed by atoms with Crippen molar-refractivity contribution < 1.29 is 9.90 Å². The van der Waals surface area contributed by atoms with E-state index in [0.29, 0.717) is 0 Å². The maximum Gasteiger partial charge on any atom is 0.303 e. The zero-order chi connectivity index (χ0) is 16.3. The SMILES string of the molecule is CC/C=C\CC=CCC=CCC=CCC=CCCCC(=O)O. The Bertz CT molecular complexity index is 398. The van der Waals surface area contributed by atoms with E-state index in [-0.39, 0.29) is 6.42 Å². The van der Waals surface area contributed by atoms with Crippen molar-refractivity contribution in [3.8, 4) is 0 Å². The van der Waals surface area contributed by atoms with Crippen molar-refractivity contribution in [1.82, 2.24) is 0 Å². The minimum atomic E-state index is -0.715. The van der Waals surface area contributed by atoms with Crippen molar-refractivity contribution in [3.05, 3.63) is 60.8 Å². The third-order valence-electron chi connectivity index (χ3n) is 2.92. The molecule has 0 aromatic heterocycles. The summed E-state index contributed by atoms with van der Waals surface area (Å²) in [6.07, 6.45) is 28.4. The Labute approximate surface area is 135 Å². The number of hydrogen-bond acceptors (Lipinski definition) is 1. The van der Waals surface area contributed by atoms with Gasteiger partial charge in [-0.2, -0.15) is 0 Å². The van der Waals surface area contributed by atoms with Crippen molar-refractivity contribution in [2.75, 3.05) is 0 Å². The molecule has 0 rings (SSSR count). The van der Waals surface area contributed by atoms with Gasteiger partial charge >= 0.3 is 5.97 Å².